The Hall–Kier alpha value is -3.68. The van der Waals surface area contributed by atoms with Crippen molar-refractivity contribution < 1.29 is 35.1 Å². The van der Waals surface area contributed by atoms with E-state index in [4.69, 9.17) is 0 Å². The van der Waals surface area contributed by atoms with Crippen LogP contribution in [0.1, 0.15) is 101 Å². The smallest absolute Gasteiger partial charge is 0.162 e. The molecule has 0 aliphatic rings. The minimum atomic E-state index is -0.767. The van der Waals surface area contributed by atoms with Crippen LogP contribution in [0.3, 0.4) is 0 Å². The largest absolute Gasteiger partial charge is 0.207 e. The van der Waals surface area contributed by atoms with E-state index in [1.807, 2.05) is 41.5 Å². The number of hydrogen-bond donors (Lipinski definition) is 0. The summed E-state index contributed by atoms with van der Waals surface area (Å²) in [6.45, 7) is 14.6. The molecule has 240 valence electrons. The normalized spacial score (nSPS) is 10.6. The Labute approximate surface area is 255 Å². The van der Waals surface area contributed by atoms with Crippen LogP contribution in [0.2, 0.25) is 0 Å². The molecule has 0 aromatic heterocycles. The minimum Gasteiger partial charge on any atom is -0.207 e. The molecule has 0 saturated heterocycles. The Kier molecular flexibility index (Phi) is 15.9. The van der Waals surface area contributed by atoms with Crippen LogP contribution in [0.5, 0.6) is 0 Å². The Bertz CT molecular complexity index is 1430. The number of benzene rings is 4. The number of rotatable bonds is 4. The van der Waals surface area contributed by atoms with Crippen molar-refractivity contribution in [2.24, 2.45) is 0 Å². The molecule has 0 heterocycles. The molecule has 0 bridgehead atoms. The summed E-state index contributed by atoms with van der Waals surface area (Å²) in [5, 5.41) is 0. The molecule has 0 spiro atoms. The summed E-state index contributed by atoms with van der Waals surface area (Å²) < 4.78 is 102. The van der Waals surface area contributed by atoms with Gasteiger partial charge in [0.25, 0.3) is 0 Å². The van der Waals surface area contributed by atoms with E-state index in [1.165, 1.54) is 42.5 Å². The van der Waals surface area contributed by atoms with Crippen LogP contribution in [-0.4, -0.2) is 0 Å². The van der Waals surface area contributed by atoms with E-state index in [9.17, 15) is 35.1 Å². The van der Waals surface area contributed by atoms with Gasteiger partial charge in [0.15, 0.2) is 11.6 Å². The topological polar surface area (TPSA) is 0 Å². The monoisotopic (exact) mass is 624 g/mol. The van der Waals surface area contributed by atoms with Crippen LogP contribution in [0.25, 0.3) is 0 Å². The minimum absolute atomic E-state index is 0.0331. The lowest BCUT2D eigenvalue weighted by Gasteiger charge is -2.06. The molecule has 0 amide bonds. The van der Waals surface area contributed by atoms with Crippen LogP contribution in [0, 0.1) is 46.5 Å². The highest BCUT2D eigenvalue weighted by atomic mass is 19.2. The van der Waals surface area contributed by atoms with Crippen LogP contribution < -0.4 is 0 Å². The molecule has 0 aliphatic heterocycles. The average Bonchev–Trinajstić information content (AvgIpc) is 2.92. The molecule has 0 N–H and O–H groups in total. The highest BCUT2D eigenvalue weighted by Gasteiger charge is 2.11. The Morgan fingerprint density at radius 3 is 1.23 bits per heavy atom. The maximum absolute atomic E-state index is 12.9. The fraction of sp³-hybridized carbons (Fsp3) is 0.333. The summed E-state index contributed by atoms with van der Waals surface area (Å²) in [4.78, 5) is 0. The van der Waals surface area contributed by atoms with E-state index in [0.717, 1.165) is 24.3 Å². The van der Waals surface area contributed by atoms with Gasteiger partial charge in [0.1, 0.15) is 34.9 Å². The molecular formula is C36H40F8. The van der Waals surface area contributed by atoms with Crippen molar-refractivity contribution in [1.82, 2.24) is 0 Å². The molecule has 0 saturated carbocycles. The summed E-state index contributed by atoms with van der Waals surface area (Å²) in [5.41, 5.74) is 1.61. The first-order valence-electron chi connectivity index (χ1n) is 14.2. The summed E-state index contributed by atoms with van der Waals surface area (Å²) >= 11 is 0. The summed E-state index contributed by atoms with van der Waals surface area (Å²) in [7, 11) is 0. The molecule has 0 nitrogen and oxygen atoms in total. The first kappa shape index (κ1) is 38.3. The lowest BCUT2D eigenvalue weighted by Crippen LogP contribution is -1.96. The first-order valence-corrected chi connectivity index (χ1v) is 14.2. The average molecular weight is 625 g/mol. The van der Waals surface area contributed by atoms with E-state index in [1.54, 1.807) is 19.9 Å². The van der Waals surface area contributed by atoms with Gasteiger partial charge in [0.05, 0.1) is 0 Å². The zero-order valence-electron chi connectivity index (χ0n) is 26.3. The number of hydrogen-bond acceptors (Lipinski definition) is 0. The Morgan fingerprint density at radius 2 is 0.818 bits per heavy atom. The van der Waals surface area contributed by atoms with E-state index < -0.39 is 34.9 Å². The van der Waals surface area contributed by atoms with Gasteiger partial charge in [0.2, 0.25) is 0 Å². The van der Waals surface area contributed by atoms with Crippen molar-refractivity contribution in [2.75, 3.05) is 0 Å². The van der Waals surface area contributed by atoms with E-state index in [2.05, 4.69) is 0 Å². The molecule has 0 fully saturated rings. The van der Waals surface area contributed by atoms with Crippen molar-refractivity contribution in [1.29, 1.82) is 0 Å². The maximum atomic E-state index is 12.9. The van der Waals surface area contributed by atoms with Gasteiger partial charge in [-0.1, -0.05) is 79.7 Å². The standard InChI is InChI=1S/4C9H10F2/c1-6(2)8-5-7(10)3-4-9(8)11;1-6(2)8-4-3-7(10)5-9(8)11;1-6(2)9-7(10)4-3-5-8(9)11;1-6(2)7-4-3-5-8(10)9(7)11/h4*3-6H,1-2H3. The highest BCUT2D eigenvalue weighted by Crippen LogP contribution is 2.22. The predicted octanol–water partition coefficient (Wildman–Crippen LogP) is 12.4. The molecule has 4 aromatic rings. The third kappa shape index (κ3) is 12.1. The maximum Gasteiger partial charge on any atom is 0.162 e. The molecule has 4 rings (SSSR count). The third-order valence-electron chi connectivity index (χ3n) is 6.35. The number of halogens is 8. The summed E-state index contributed by atoms with van der Waals surface area (Å²) in [6, 6.07) is 15.4. The van der Waals surface area contributed by atoms with E-state index >= 15 is 0 Å². The van der Waals surface area contributed by atoms with Gasteiger partial charge in [-0.05, 0) is 82.8 Å². The van der Waals surface area contributed by atoms with Gasteiger partial charge >= 0.3 is 0 Å². The zero-order chi connectivity index (χ0) is 33.7. The van der Waals surface area contributed by atoms with Gasteiger partial charge in [0, 0.05) is 11.6 Å². The quantitative estimate of drug-likeness (QED) is 0.198. The van der Waals surface area contributed by atoms with Crippen molar-refractivity contribution in [3.63, 3.8) is 0 Å². The fourth-order valence-corrected chi connectivity index (χ4v) is 3.96. The second-order valence-electron chi connectivity index (χ2n) is 11.2. The second kappa shape index (κ2) is 18.2. The molecule has 8 heteroatoms. The zero-order valence-corrected chi connectivity index (χ0v) is 26.3. The van der Waals surface area contributed by atoms with Gasteiger partial charge in [-0.15, -0.1) is 0 Å². The molecule has 4 aromatic carbocycles. The Balaban J connectivity index is 0.000000293. The van der Waals surface area contributed by atoms with Gasteiger partial charge in [-0.2, -0.15) is 0 Å². The van der Waals surface area contributed by atoms with Gasteiger partial charge in [-0.25, -0.2) is 35.1 Å². The highest BCUT2D eigenvalue weighted by molar-refractivity contribution is 5.24. The predicted molar refractivity (Wildman–Crippen MR) is 162 cm³/mol. The third-order valence-corrected chi connectivity index (χ3v) is 6.35. The molecule has 0 aliphatic carbocycles. The molecule has 0 unspecified atom stereocenters. The second-order valence-corrected chi connectivity index (χ2v) is 11.2. The molecule has 0 radical (unpaired) electrons. The van der Waals surface area contributed by atoms with E-state index in [-0.39, 0.29) is 40.9 Å². The van der Waals surface area contributed by atoms with Gasteiger partial charge < -0.3 is 0 Å². The lowest BCUT2D eigenvalue weighted by atomic mass is 10.0. The van der Waals surface area contributed by atoms with Crippen molar-refractivity contribution >= 4 is 0 Å². The fourth-order valence-electron chi connectivity index (χ4n) is 3.96. The van der Waals surface area contributed by atoms with Crippen molar-refractivity contribution in [2.45, 2.75) is 79.1 Å². The van der Waals surface area contributed by atoms with Crippen LogP contribution in [0.4, 0.5) is 35.1 Å². The first-order chi connectivity index (χ1) is 20.5. The summed E-state index contributed by atoms with van der Waals surface area (Å²) in [6.07, 6.45) is 0. The van der Waals surface area contributed by atoms with Crippen LogP contribution >= 0.6 is 0 Å². The Morgan fingerprint density at radius 1 is 0.364 bits per heavy atom. The van der Waals surface area contributed by atoms with Crippen molar-refractivity contribution in [3.05, 3.63) is 142 Å². The lowest BCUT2D eigenvalue weighted by molar-refractivity contribution is 0.494. The van der Waals surface area contributed by atoms with Crippen LogP contribution in [-0.2, 0) is 0 Å². The molecular weight excluding hydrogens is 584 g/mol. The van der Waals surface area contributed by atoms with Gasteiger partial charge in [-0.3, -0.25) is 0 Å². The molecule has 44 heavy (non-hydrogen) atoms. The van der Waals surface area contributed by atoms with E-state index in [0.29, 0.717) is 16.7 Å². The van der Waals surface area contributed by atoms with Crippen molar-refractivity contribution in [3.8, 4) is 0 Å². The molecule has 0 atom stereocenters. The SMILES string of the molecule is CC(C)c1c(F)cccc1F.CC(C)c1cc(F)ccc1F.CC(C)c1ccc(F)cc1F.CC(C)c1cccc(F)c1F. The summed E-state index contributed by atoms with van der Waals surface area (Å²) in [5.74, 6) is -4.02. The van der Waals surface area contributed by atoms with Crippen LogP contribution in [0.15, 0.2) is 72.8 Å².